The van der Waals surface area contributed by atoms with E-state index in [9.17, 15) is 18.4 Å². The van der Waals surface area contributed by atoms with Crippen LogP contribution in [0.15, 0.2) is 42.5 Å². The Balaban J connectivity index is 1.67. The molecule has 1 aliphatic rings. The normalized spacial score (nSPS) is 14.9. The zero-order valence-corrected chi connectivity index (χ0v) is 14.5. The first-order valence-corrected chi connectivity index (χ1v) is 8.56. The van der Waals surface area contributed by atoms with Crippen LogP contribution in [0.2, 0.25) is 0 Å². The largest absolute Gasteiger partial charge is 0.337 e. The van der Waals surface area contributed by atoms with Gasteiger partial charge in [-0.25, -0.2) is 8.78 Å². The maximum atomic E-state index is 13.4. The monoisotopic (exact) mass is 358 g/mol. The van der Waals surface area contributed by atoms with Gasteiger partial charge in [-0.2, -0.15) is 0 Å². The highest BCUT2D eigenvalue weighted by atomic mass is 19.2. The summed E-state index contributed by atoms with van der Waals surface area (Å²) in [6.07, 6.45) is 0.632. The third kappa shape index (κ3) is 3.90. The van der Waals surface area contributed by atoms with E-state index in [0.717, 1.165) is 17.7 Å². The Labute approximate surface area is 151 Å². The molecule has 3 rings (SSSR count). The summed E-state index contributed by atoms with van der Waals surface area (Å²) in [4.78, 5) is 28.5. The average Bonchev–Trinajstić information content (AvgIpc) is 2.89. The topological polar surface area (TPSA) is 40.6 Å². The van der Waals surface area contributed by atoms with Gasteiger partial charge >= 0.3 is 0 Å². The maximum Gasteiger partial charge on any atom is 0.254 e. The van der Waals surface area contributed by atoms with Crippen LogP contribution in [0.5, 0.6) is 0 Å². The molecule has 2 aromatic rings. The van der Waals surface area contributed by atoms with Gasteiger partial charge in [-0.3, -0.25) is 9.59 Å². The molecule has 0 spiro atoms. The number of hydrogen-bond donors (Lipinski definition) is 0. The number of carbonyl (C=O) groups excluding carboxylic acids is 2. The van der Waals surface area contributed by atoms with E-state index in [1.807, 2.05) is 19.1 Å². The summed E-state index contributed by atoms with van der Waals surface area (Å²) in [5.74, 6) is -2.44. The number of nitrogens with zero attached hydrogens (tertiary/aromatic N) is 2. The molecule has 0 atom stereocenters. The van der Waals surface area contributed by atoms with Gasteiger partial charge in [0.1, 0.15) is 0 Å². The van der Waals surface area contributed by atoms with Crippen molar-refractivity contribution in [3.63, 3.8) is 0 Å². The van der Waals surface area contributed by atoms with Gasteiger partial charge in [0, 0.05) is 37.3 Å². The van der Waals surface area contributed by atoms with Gasteiger partial charge < -0.3 is 9.80 Å². The van der Waals surface area contributed by atoms with Gasteiger partial charge in [0.15, 0.2) is 11.6 Å². The van der Waals surface area contributed by atoms with E-state index in [2.05, 4.69) is 0 Å². The first-order valence-electron chi connectivity index (χ1n) is 8.56. The number of rotatable bonds is 2. The van der Waals surface area contributed by atoms with Crippen LogP contribution < -0.4 is 0 Å². The highest BCUT2D eigenvalue weighted by Crippen LogP contribution is 2.15. The predicted octanol–water partition coefficient (Wildman–Crippen LogP) is 3.26. The van der Waals surface area contributed by atoms with Gasteiger partial charge in [0.2, 0.25) is 0 Å². The summed E-state index contributed by atoms with van der Waals surface area (Å²) in [7, 11) is 0. The fraction of sp³-hybridized carbons (Fsp3) is 0.300. The third-order valence-corrected chi connectivity index (χ3v) is 4.54. The molecular weight excluding hydrogens is 338 g/mol. The van der Waals surface area contributed by atoms with Crippen molar-refractivity contribution in [2.45, 2.75) is 13.3 Å². The van der Waals surface area contributed by atoms with Crippen LogP contribution in [0, 0.1) is 18.6 Å². The van der Waals surface area contributed by atoms with Crippen LogP contribution in [0.25, 0.3) is 0 Å². The first-order chi connectivity index (χ1) is 12.5. The Kier molecular flexibility index (Phi) is 5.30. The minimum atomic E-state index is -1.04. The quantitative estimate of drug-likeness (QED) is 0.827. The van der Waals surface area contributed by atoms with E-state index in [0.29, 0.717) is 38.2 Å². The van der Waals surface area contributed by atoms with Crippen molar-refractivity contribution < 1.29 is 18.4 Å². The van der Waals surface area contributed by atoms with Crippen LogP contribution in [-0.4, -0.2) is 47.8 Å². The number of carbonyl (C=O) groups is 2. The van der Waals surface area contributed by atoms with Crippen molar-refractivity contribution in [1.29, 1.82) is 0 Å². The third-order valence-electron chi connectivity index (χ3n) is 4.54. The van der Waals surface area contributed by atoms with Crippen LogP contribution in [0.1, 0.15) is 32.7 Å². The van der Waals surface area contributed by atoms with E-state index >= 15 is 0 Å². The molecule has 0 bridgehead atoms. The smallest absolute Gasteiger partial charge is 0.254 e. The van der Waals surface area contributed by atoms with Crippen LogP contribution in [-0.2, 0) is 0 Å². The van der Waals surface area contributed by atoms with Crippen LogP contribution in [0.4, 0.5) is 8.78 Å². The number of hydrogen-bond acceptors (Lipinski definition) is 2. The molecule has 1 aliphatic heterocycles. The highest BCUT2D eigenvalue weighted by molar-refractivity contribution is 5.95. The van der Waals surface area contributed by atoms with Gasteiger partial charge in [0.25, 0.3) is 11.8 Å². The molecule has 1 fully saturated rings. The second-order valence-corrected chi connectivity index (χ2v) is 6.43. The van der Waals surface area contributed by atoms with Crippen LogP contribution in [0.3, 0.4) is 0 Å². The van der Waals surface area contributed by atoms with E-state index < -0.39 is 11.6 Å². The van der Waals surface area contributed by atoms with Crippen LogP contribution >= 0.6 is 0 Å². The highest BCUT2D eigenvalue weighted by Gasteiger charge is 2.24. The Hall–Kier alpha value is -2.76. The molecule has 0 unspecified atom stereocenters. The summed E-state index contributed by atoms with van der Waals surface area (Å²) in [5.41, 5.74) is 1.82. The lowest BCUT2D eigenvalue weighted by atomic mass is 10.1. The summed E-state index contributed by atoms with van der Waals surface area (Å²) >= 11 is 0. The van der Waals surface area contributed by atoms with Gasteiger partial charge in [-0.15, -0.1) is 0 Å². The minimum absolute atomic E-state index is 0.0628. The van der Waals surface area contributed by atoms with E-state index in [1.165, 1.54) is 6.07 Å². The lowest BCUT2D eigenvalue weighted by Gasteiger charge is -2.22. The molecule has 6 heteroatoms. The Morgan fingerprint density at radius 3 is 1.88 bits per heavy atom. The molecule has 2 amide bonds. The molecule has 0 radical (unpaired) electrons. The van der Waals surface area contributed by atoms with E-state index in [-0.39, 0.29) is 17.4 Å². The van der Waals surface area contributed by atoms with Crippen molar-refractivity contribution in [2.75, 3.05) is 26.2 Å². The fourth-order valence-corrected chi connectivity index (χ4v) is 3.01. The van der Waals surface area contributed by atoms with Crippen molar-refractivity contribution in [1.82, 2.24) is 9.80 Å². The minimum Gasteiger partial charge on any atom is -0.337 e. The molecule has 136 valence electrons. The number of halogens is 2. The van der Waals surface area contributed by atoms with Crippen molar-refractivity contribution in [3.05, 3.63) is 70.8 Å². The second-order valence-electron chi connectivity index (χ2n) is 6.43. The summed E-state index contributed by atoms with van der Waals surface area (Å²) < 4.78 is 26.4. The summed E-state index contributed by atoms with van der Waals surface area (Å²) in [5, 5.41) is 0. The van der Waals surface area contributed by atoms with E-state index in [4.69, 9.17) is 0 Å². The van der Waals surface area contributed by atoms with Gasteiger partial charge in [0.05, 0.1) is 0 Å². The van der Waals surface area contributed by atoms with Crippen molar-refractivity contribution in [3.8, 4) is 0 Å². The SMILES string of the molecule is Cc1ccc(C(=O)N2CCCN(C(=O)c3ccc(F)c(F)c3)CC2)cc1. The maximum absolute atomic E-state index is 13.4. The Bertz CT molecular complexity index is 821. The van der Waals surface area contributed by atoms with Gasteiger partial charge in [-0.1, -0.05) is 17.7 Å². The molecule has 0 aromatic heterocycles. The second kappa shape index (κ2) is 7.64. The number of benzene rings is 2. The molecule has 0 aliphatic carbocycles. The molecule has 1 saturated heterocycles. The lowest BCUT2D eigenvalue weighted by Crippen LogP contribution is -2.37. The first kappa shape index (κ1) is 18.0. The fourth-order valence-electron chi connectivity index (χ4n) is 3.01. The standard InChI is InChI=1S/C20H20F2N2O2/c1-14-3-5-15(6-4-14)19(25)23-9-2-10-24(12-11-23)20(26)16-7-8-17(21)18(22)13-16/h3-8,13H,2,9-12H2,1H3. The zero-order valence-electron chi connectivity index (χ0n) is 14.5. The molecule has 0 saturated carbocycles. The Morgan fingerprint density at radius 2 is 1.31 bits per heavy atom. The summed E-state index contributed by atoms with van der Waals surface area (Å²) in [6, 6.07) is 10.5. The zero-order chi connectivity index (χ0) is 18.7. The predicted molar refractivity (Wildman–Crippen MR) is 94.0 cm³/mol. The molecule has 1 heterocycles. The molecule has 0 N–H and O–H groups in total. The molecule has 2 aromatic carbocycles. The average molecular weight is 358 g/mol. The lowest BCUT2D eigenvalue weighted by molar-refractivity contribution is 0.0718. The molecular formula is C20H20F2N2O2. The number of aryl methyl sites for hydroxylation is 1. The van der Waals surface area contributed by atoms with Crippen molar-refractivity contribution in [2.24, 2.45) is 0 Å². The number of amides is 2. The Morgan fingerprint density at radius 1 is 0.769 bits per heavy atom. The van der Waals surface area contributed by atoms with Crippen molar-refractivity contribution >= 4 is 11.8 Å². The summed E-state index contributed by atoms with van der Waals surface area (Å²) in [6.45, 7) is 3.74. The van der Waals surface area contributed by atoms with Gasteiger partial charge in [-0.05, 0) is 43.7 Å². The molecule has 26 heavy (non-hydrogen) atoms. The molecule has 4 nitrogen and oxygen atoms in total. The van der Waals surface area contributed by atoms with E-state index in [1.54, 1.807) is 21.9 Å².